The number of rotatable bonds is 5. The van der Waals surface area contributed by atoms with Crippen LogP contribution in [0.15, 0.2) is 10.7 Å². The first-order valence-corrected chi connectivity index (χ1v) is 8.46. The molecule has 1 aliphatic rings. The van der Waals surface area contributed by atoms with E-state index < -0.39 is 0 Å². The first-order chi connectivity index (χ1) is 12.6. The van der Waals surface area contributed by atoms with Gasteiger partial charge in [-0.2, -0.15) is 15.1 Å². The van der Waals surface area contributed by atoms with Crippen LogP contribution in [0.3, 0.4) is 0 Å². The summed E-state index contributed by atoms with van der Waals surface area (Å²) in [5.41, 5.74) is 8.20. The highest BCUT2D eigenvalue weighted by Gasteiger charge is 2.28. The summed E-state index contributed by atoms with van der Waals surface area (Å²) in [6.07, 6.45) is 2.32. The summed E-state index contributed by atoms with van der Waals surface area (Å²) in [7, 11) is 0. The van der Waals surface area contributed by atoms with Crippen LogP contribution in [-0.2, 0) is 16.1 Å². The monoisotopic (exact) mass is 359 g/mol. The predicted molar refractivity (Wildman–Crippen MR) is 93.5 cm³/mol. The number of ether oxygens (including phenoxy) is 2. The number of H-pyrrole nitrogens is 1. The molecule has 10 heteroatoms. The summed E-state index contributed by atoms with van der Waals surface area (Å²) in [4.78, 5) is 8.45. The van der Waals surface area contributed by atoms with E-state index in [9.17, 15) is 0 Å². The maximum atomic E-state index is 6.11. The molecule has 4 N–H and O–H groups in total. The van der Waals surface area contributed by atoms with E-state index in [2.05, 4.69) is 30.6 Å². The lowest BCUT2D eigenvalue weighted by Crippen LogP contribution is -2.44. The number of nitrogens with one attached hydrogen (secondary N) is 2. The van der Waals surface area contributed by atoms with Crippen LogP contribution in [0.2, 0.25) is 0 Å². The molecule has 0 aromatic carbocycles. The van der Waals surface area contributed by atoms with Crippen LogP contribution < -0.4 is 11.1 Å². The number of aromatic nitrogens is 5. The lowest BCUT2D eigenvalue weighted by Gasteiger charge is -2.32. The van der Waals surface area contributed by atoms with E-state index in [-0.39, 0.29) is 18.1 Å². The topological polar surface area (TPSA) is 137 Å². The first kappa shape index (κ1) is 16.7. The largest absolute Gasteiger partial charge is 0.379 e. The Bertz CT molecular complexity index is 887. The highest BCUT2D eigenvalue weighted by molar-refractivity contribution is 5.86. The van der Waals surface area contributed by atoms with Crippen LogP contribution >= 0.6 is 0 Å². The van der Waals surface area contributed by atoms with E-state index in [1.165, 1.54) is 0 Å². The van der Waals surface area contributed by atoms with E-state index in [1.54, 1.807) is 6.20 Å². The minimum atomic E-state index is -0.143. The zero-order chi connectivity index (χ0) is 18.1. The molecule has 0 bridgehead atoms. The van der Waals surface area contributed by atoms with Crippen molar-refractivity contribution in [1.82, 2.24) is 25.3 Å². The molecule has 1 fully saturated rings. The van der Waals surface area contributed by atoms with Gasteiger partial charge in [-0.05, 0) is 20.3 Å². The number of hydrogen-bond donors (Lipinski definition) is 3. The van der Waals surface area contributed by atoms with Gasteiger partial charge in [-0.3, -0.25) is 5.10 Å². The van der Waals surface area contributed by atoms with E-state index in [4.69, 9.17) is 19.7 Å². The number of nitrogens with zero attached hydrogens (tertiary/aromatic N) is 4. The molecule has 1 saturated heterocycles. The number of anilines is 2. The van der Waals surface area contributed by atoms with Gasteiger partial charge in [0, 0.05) is 12.2 Å². The Labute approximate surface area is 149 Å². The molecule has 3 aromatic rings. The van der Waals surface area contributed by atoms with Crippen LogP contribution in [-0.4, -0.2) is 50.7 Å². The molecule has 0 radical (unpaired) electrons. The van der Waals surface area contributed by atoms with Gasteiger partial charge in [-0.25, -0.2) is 0 Å². The second-order valence-electron chi connectivity index (χ2n) is 6.33. The Morgan fingerprint density at radius 2 is 2.27 bits per heavy atom. The van der Waals surface area contributed by atoms with Gasteiger partial charge in [0.2, 0.25) is 5.95 Å². The van der Waals surface area contributed by atoms with Crippen LogP contribution in [0.1, 0.15) is 23.4 Å². The average Bonchev–Trinajstić information content (AvgIpc) is 3.21. The molecule has 0 amide bonds. The summed E-state index contributed by atoms with van der Waals surface area (Å²) in [5.74, 6) is 1.59. The van der Waals surface area contributed by atoms with Crippen molar-refractivity contribution < 1.29 is 14.0 Å². The summed E-state index contributed by atoms with van der Waals surface area (Å²) in [6.45, 7) is 5.35. The van der Waals surface area contributed by atoms with Crippen LogP contribution in [0.4, 0.5) is 11.8 Å². The van der Waals surface area contributed by atoms with Crippen molar-refractivity contribution in [1.29, 1.82) is 0 Å². The van der Waals surface area contributed by atoms with Gasteiger partial charge in [0.15, 0.2) is 5.65 Å². The van der Waals surface area contributed by atoms with Crippen LogP contribution in [0.25, 0.3) is 11.0 Å². The molecule has 3 aromatic heterocycles. The number of nitrogen functional groups attached to an aromatic ring is 1. The van der Waals surface area contributed by atoms with Gasteiger partial charge in [0.1, 0.15) is 17.7 Å². The molecular formula is C16H21N7O3. The molecule has 0 aliphatic carbocycles. The molecular weight excluding hydrogens is 338 g/mol. The zero-order valence-electron chi connectivity index (χ0n) is 14.7. The molecule has 138 valence electrons. The predicted octanol–water partition coefficient (Wildman–Crippen LogP) is 1.33. The molecule has 26 heavy (non-hydrogen) atoms. The van der Waals surface area contributed by atoms with Gasteiger partial charge in [-0.15, -0.1) is 0 Å². The van der Waals surface area contributed by atoms with Crippen molar-refractivity contribution in [3.05, 3.63) is 23.2 Å². The van der Waals surface area contributed by atoms with Crippen molar-refractivity contribution in [2.75, 3.05) is 24.3 Å². The summed E-state index contributed by atoms with van der Waals surface area (Å²) in [6, 6.07) is 0.0247. The Kier molecular flexibility index (Phi) is 4.43. The van der Waals surface area contributed by atoms with Crippen molar-refractivity contribution in [3.8, 4) is 0 Å². The van der Waals surface area contributed by atoms with E-state index >= 15 is 0 Å². The maximum absolute atomic E-state index is 6.11. The van der Waals surface area contributed by atoms with Gasteiger partial charge >= 0.3 is 0 Å². The minimum absolute atomic E-state index is 0.0247. The fourth-order valence-corrected chi connectivity index (χ4v) is 3.08. The Morgan fingerprint density at radius 1 is 1.38 bits per heavy atom. The molecule has 0 saturated carbocycles. The van der Waals surface area contributed by atoms with Gasteiger partial charge in [-0.1, -0.05) is 5.16 Å². The summed E-state index contributed by atoms with van der Waals surface area (Å²) < 4.78 is 16.9. The van der Waals surface area contributed by atoms with Gasteiger partial charge in [0.05, 0.1) is 36.5 Å². The zero-order valence-corrected chi connectivity index (χ0v) is 14.7. The lowest BCUT2D eigenvalue weighted by molar-refractivity contribution is -0.0640. The van der Waals surface area contributed by atoms with Crippen LogP contribution in [0, 0.1) is 13.8 Å². The highest BCUT2D eigenvalue weighted by Crippen LogP contribution is 2.24. The molecule has 10 nitrogen and oxygen atoms in total. The fraction of sp³-hybridized carbons (Fsp3) is 0.500. The van der Waals surface area contributed by atoms with E-state index in [1.807, 2.05) is 13.8 Å². The molecule has 1 aliphatic heterocycles. The Balaban J connectivity index is 1.51. The fourth-order valence-electron chi connectivity index (χ4n) is 3.08. The maximum Gasteiger partial charge on any atom is 0.224 e. The summed E-state index contributed by atoms with van der Waals surface area (Å²) >= 11 is 0. The average molecular weight is 359 g/mol. The third kappa shape index (κ3) is 3.20. The van der Waals surface area contributed by atoms with Crippen molar-refractivity contribution in [2.24, 2.45) is 0 Å². The normalized spacial score (nSPS) is 20.5. The smallest absolute Gasteiger partial charge is 0.224 e. The SMILES string of the molecule is Cc1noc(C)c1CO[C@@H]1COCC[C@H]1Nc1nc(N)nc2[nH]ncc12. The quantitative estimate of drug-likeness (QED) is 0.616. The second-order valence-corrected chi connectivity index (χ2v) is 6.33. The van der Waals surface area contributed by atoms with E-state index in [0.717, 1.165) is 28.8 Å². The molecule has 0 unspecified atom stereocenters. The molecule has 2 atom stereocenters. The number of hydrogen-bond acceptors (Lipinski definition) is 9. The van der Waals surface area contributed by atoms with Crippen molar-refractivity contribution >= 4 is 22.8 Å². The lowest BCUT2D eigenvalue weighted by atomic mass is 10.1. The van der Waals surface area contributed by atoms with Crippen molar-refractivity contribution in [2.45, 2.75) is 39.0 Å². The number of fused-ring (bicyclic) bond motifs is 1. The standard InChI is InChI=1S/C16H21N7O3/c1-8-11(9(2)26-23-8)6-25-13-7-24-4-3-12(13)19-14-10-5-18-22-15(10)21-16(17)20-14/h5,12-13H,3-4,6-7H2,1-2H3,(H4,17,18,19,20,21,22)/t12-,13-/m1/s1. The number of aromatic amines is 1. The number of nitrogens with two attached hydrogens (primary N) is 1. The van der Waals surface area contributed by atoms with Gasteiger partial charge < -0.3 is 25.0 Å². The summed E-state index contributed by atoms with van der Waals surface area (Å²) in [5, 5.41) is 15.0. The van der Waals surface area contributed by atoms with Gasteiger partial charge in [0.25, 0.3) is 0 Å². The Morgan fingerprint density at radius 3 is 3.08 bits per heavy atom. The van der Waals surface area contributed by atoms with Crippen molar-refractivity contribution in [3.63, 3.8) is 0 Å². The Hall–Kier alpha value is -2.72. The van der Waals surface area contributed by atoms with E-state index in [0.29, 0.717) is 31.3 Å². The highest BCUT2D eigenvalue weighted by atomic mass is 16.5. The molecule has 4 rings (SSSR count). The third-order valence-electron chi connectivity index (χ3n) is 4.58. The second kappa shape index (κ2) is 6.89. The molecule has 0 spiro atoms. The molecule has 4 heterocycles. The first-order valence-electron chi connectivity index (χ1n) is 8.46. The minimum Gasteiger partial charge on any atom is -0.379 e. The van der Waals surface area contributed by atoms with Crippen LogP contribution in [0.5, 0.6) is 0 Å². The number of aryl methyl sites for hydroxylation is 2. The third-order valence-corrected chi connectivity index (χ3v) is 4.58.